The van der Waals surface area contributed by atoms with Gasteiger partial charge in [-0.1, -0.05) is 6.92 Å². The summed E-state index contributed by atoms with van der Waals surface area (Å²) in [6, 6.07) is 3.71. The second kappa shape index (κ2) is 12.7. The molecule has 4 heteroatoms. The van der Waals surface area contributed by atoms with Crippen LogP contribution in [0.4, 0.5) is 0 Å². The van der Waals surface area contributed by atoms with Crippen molar-refractivity contribution in [2.24, 2.45) is 0 Å². The number of hydrogen-bond acceptors (Lipinski definition) is 0. The third kappa shape index (κ3) is 7.89. The van der Waals surface area contributed by atoms with E-state index in [1.54, 1.807) is 0 Å². The van der Waals surface area contributed by atoms with Crippen molar-refractivity contribution in [1.29, 1.82) is 0 Å². The minimum Gasteiger partial charge on any atom is -1.00 e. The number of hydrogen-bond donors (Lipinski definition) is 1. The Bertz CT molecular complexity index is 310. The maximum atomic E-state index is 3.82. The molecule has 0 saturated carbocycles. The van der Waals surface area contributed by atoms with Crippen LogP contribution in [-0.2, 0) is 21.7 Å². The van der Waals surface area contributed by atoms with E-state index in [9.17, 15) is 0 Å². The van der Waals surface area contributed by atoms with Gasteiger partial charge in [0.2, 0.25) is 0 Å². The maximum absolute atomic E-state index is 3.82. The molecule has 1 aromatic rings. The standard InChI is InChI=1S/C8H9.C4H4N.2ClH.Ti/c1-3-8-6-4-5-7(8)2;1-2-4-5-3-1;;;/h3-6H,2H2,1H3;1-3,5H;2*1H;/q2*-1;;;+4/p-2. The second-order valence-corrected chi connectivity index (χ2v) is 2.61. The van der Waals surface area contributed by atoms with E-state index in [1.807, 2.05) is 37.4 Å². The molecule has 0 fully saturated rings. The summed E-state index contributed by atoms with van der Waals surface area (Å²) < 4.78 is 0. The van der Waals surface area contributed by atoms with Crippen molar-refractivity contribution in [2.45, 2.75) is 6.92 Å². The largest absolute Gasteiger partial charge is 4.00 e. The van der Waals surface area contributed by atoms with Crippen molar-refractivity contribution in [1.82, 2.24) is 4.98 Å². The fourth-order valence-electron chi connectivity index (χ4n) is 0.993. The molecule has 1 aliphatic rings. The zero-order chi connectivity index (χ0) is 9.52. The number of halogens is 2. The van der Waals surface area contributed by atoms with Crippen LogP contribution in [0.3, 0.4) is 0 Å². The van der Waals surface area contributed by atoms with Crippen molar-refractivity contribution in [3.63, 3.8) is 0 Å². The minimum atomic E-state index is 0. The summed E-state index contributed by atoms with van der Waals surface area (Å²) >= 11 is 0. The van der Waals surface area contributed by atoms with Gasteiger partial charge in [0.25, 0.3) is 0 Å². The molecule has 16 heavy (non-hydrogen) atoms. The van der Waals surface area contributed by atoms with Gasteiger partial charge in [-0.05, 0) is 0 Å². The normalized spacial score (nSPS) is 13.6. The van der Waals surface area contributed by atoms with Gasteiger partial charge >= 0.3 is 21.7 Å². The quantitative estimate of drug-likeness (QED) is 0.389. The number of rotatable bonds is 0. The minimum absolute atomic E-state index is 0. The van der Waals surface area contributed by atoms with Crippen LogP contribution in [0.2, 0.25) is 0 Å². The summed E-state index contributed by atoms with van der Waals surface area (Å²) in [6.45, 7) is 5.84. The molecule has 2 rings (SSSR count). The van der Waals surface area contributed by atoms with Gasteiger partial charge in [0.15, 0.2) is 0 Å². The SMILES string of the molecule is [CH2-]C1=CC=CC1=CC.[Cl-].[Cl-].[Ti+4].[c-]1ccc[nH]1. The van der Waals surface area contributed by atoms with Crippen molar-refractivity contribution >= 4 is 0 Å². The van der Waals surface area contributed by atoms with Gasteiger partial charge < -0.3 is 29.8 Å². The topological polar surface area (TPSA) is 15.8 Å². The van der Waals surface area contributed by atoms with Gasteiger partial charge in [-0.3, -0.25) is 0 Å². The van der Waals surface area contributed by atoms with Crippen LogP contribution in [0.1, 0.15) is 6.92 Å². The van der Waals surface area contributed by atoms with Crippen molar-refractivity contribution in [3.8, 4) is 0 Å². The molecule has 1 N–H and O–H groups in total. The number of aromatic amines is 1. The Kier molecular flexibility index (Phi) is 16.7. The summed E-state index contributed by atoms with van der Waals surface area (Å²) in [4.78, 5) is 2.74. The molecular weight excluding hydrogens is 277 g/mol. The summed E-state index contributed by atoms with van der Waals surface area (Å²) in [6.07, 6.45) is 12.7. The summed E-state index contributed by atoms with van der Waals surface area (Å²) in [5.41, 5.74) is 2.36. The number of aromatic nitrogens is 1. The van der Waals surface area contributed by atoms with Crippen LogP contribution < -0.4 is 24.8 Å². The summed E-state index contributed by atoms with van der Waals surface area (Å²) in [5.74, 6) is 0. The Morgan fingerprint density at radius 1 is 1.38 bits per heavy atom. The molecule has 0 aromatic carbocycles. The fourth-order valence-corrected chi connectivity index (χ4v) is 0.993. The van der Waals surface area contributed by atoms with Crippen molar-refractivity contribution < 1.29 is 46.5 Å². The molecule has 0 bridgehead atoms. The monoisotopic (exact) mass is 289 g/mol. The molecule has 0 radical (unpaired) electrons. The number of allylic oxidation sites excluding steroid dienone is 6. The average Bonchev–Trinajstić information content (AvgIpc) is 2.76. The van der Waals surface area contributed by atoms with E-state index in [-0.39, 0.29) is 46.5 Å². The third-order valence-corrected chi connectivity index (χ3v) is 1.70. The van der Waals surface area contributed by atoms with Gasteiger partial charge in [-0.25, -0.2) is 0 Å². The van der Waals surface area contributed by atoms with E-state index < -0.39 is 0 Å². The van der Waals surface area contributed by atoms with Gasteiger partial charge in [0.1, 0.15) is 0 Å². The van der Waals surface area contributed by atoms with Crippen molar-refractivity contribution in [3.05, 3.63) is 66.9 Å². The Morgan fingerprint density at radius 2 is 2.06 bits per heavy atom. The fraction of sp³-hybridized carbons (Fsp3) is 0.0833. The van der Waals surface area contributed by atoms with Gasteiger partial charge in [0.05, 0.1) is 0 Å². The first-order valence-electron chi connectivity index (χ1n) is 4.21. The molecule has 0 unspecified atom stereocenters. The molecule has 0 spiro atoms. The van der Waals surface area contributed by atoms with Crippen LogP contribution in [0, 0.1) is 13.1 Å². The first kappa shape index (κ1) is 21.0. The summed E-state index contributed by atoms with van der Waals surface area (Å²) in [5, 5.41) is 0. The predicted octanol–water partition coefficient (Wildman–Crippen LogP) is -2.92. The second-order valence-electron chi connectivity index (χ2n) is 2.61. The van der Waals surface area contributed by atoms with Crippen LogP contribution >= 0.6 is 0 Å². The molecule has 1 aromatic heterocycles. The number of H-pyrrole nitrogens is 1. The Morgan fingerprint density at radius 3 is 2.25 bits per heavy atom. The van der Waals surface area contributed by atoms with Gasteiger partial charge in [-0.2, -0.15) is 36.9 Å². The Labute approximate surface area is 125 Å². The molecule has 0 atom stereocenters. The predicted molar refractivity (Wildman–Crippen MR) is 56.0 cm³/mol. The molecular formula is C12H13Cl2NTi. The van der Waals surface area contributed by atoms with E-state index in [0.717, 1.165) is 5.57 Å². The zero-order valence-corrected chi connectivity index (χ0v) is 12.1. The Balaban J connectivity index is -0.000000189. The van der Waals surface area contributed by atoms with Crippen LogP contribution in [0.25, 0.3) is 0 Å². The van der Waals surface area contributed by atoms with E-state index >= 15 is 0 Å². The van der Waals surface area contributed by atoms with E-state index in [4.69, 9.17) is 0 Å². The van der Waals surface area contributed by atoms with Crippen LogP contribution in [0.15, 0.2) is 53.8 Å². The van der Waals surface area contributed by atoms with Gasteiger partial charge in [-0.15, -0.1) is 30.0 Å². The van der Waals surface area contributed by atoms with E-state index in [2.05, 4.69) is 30.3 Å². The molecule has 0 amide bonds. The van der Waals surface area contributed by atoms with E-state index in [0.29, 0.717) is 0 Å². The average molecular weight is 290 g/mol. The maximum Gasteiger partial charge on any atom is 4.00 e. The van der Waals surface area contributed by atoms with E-state index in [1.165, 1.54) is 5.57 Å². The molecule has 0 aliphatic heterocycles. The van der Waals surface area contributed by atoms with Crippen molar-refractivity contribution in [2.75, 3.05) is 0 Å². The van der Waals surface area contributed by atoms with Gasteiger partial charge in [0, 0.05) is 0 Å². The van der Waals surface area contributed by atoms with Crippen LogP contribution in [0.5, 0.6) is 0 Å². The molecule has 1 aliphatic carbocycles. The number of nitrogens with one attached hydrogen (secondary N) is 1. The first-order chi connectivity index (χ1) is 6.34. The molecule has 1 nitrogen and oxygen atoms in total. The summed E-state index contributed by atoms with van der Waals surface area (Å²) in [7, 11) is 0. The molecule has 0 saturated heterocycles. The smallest absolute Gasteiger partial charge is 1.00 e. The first-order valence-corrected chi connectivity index (χ1v) is 4.21. The third-order valence-electron chi connectivity index (χ3n) is 1.70. The Hall–Kier alpha value is -0.336. The molecule has 1 heterocycles. The van der Waals surface area contributed by atoms with Crippen LogP contribution in [-0.4, -0.2) is 4.98 Å². The zero-order valence-electron chi connectivity index (χ0n) is 9.00. The molecule has 84 valence electrons.